The molecule has 1 heterocycles. The molecule has 0 bridgehead atoms. The van der Waals surface area contributed by atoms with Gasteiger partial charge in [0.05, 0.1) is 10.5 Å². The number of benzene rings is 1. The van der Waals surface area contributed by atoms with Crippen molar-refractivity contribution in [2.24, 2.45) is 5.92 Å². The van der Waals surface area contributed by atoms with Crippen LogP contribution in [0.15, 0.2) is 24.3 Å². The fourth-order valence-corrected chi connectivity index (χ4v) is 3.01. The van der Waals surface area contributed by atoms with Gasteiger partial charge in [-0.1, -0.05) is 12.1 Å². The van der Waals surface area contributed by atoms with Gasteiger partial charge >= 0.3 is 5.97 Å². The third-order valence-corrected chi connectivity index (χ3v) is 4.31. The maximum Gasteiger partial charge on any atom is 0.306 e. The highest BCUT2D eigenvalue weighted by molar-refractivity contribution is 5.75. The smallest absolute Gasteiger partial charge is 0.306 e. The molecule has 1 aromatic carbocycles. The number of cyclic esters (lactones) is 1. The molecule has 0 amide bonds. The summed E-state index contributed by atoms with van der Waals surface area (Å²) in [5.74, 6) is -0.298. The number of para-hydroxylation sites is 1. The van der Waals surface area contributed by atoms with Gasteiger partial charge < -0.3 is 14.6 Å². The number of aliphatic hydroxyl groups is 1. The zero-order chi connectivity index (χ0) is 17.7. The average molecular weight is 335 g/mol. The Morgan fingerprint density at radius 1 is 1.46 bits per heavy atom. The largest absolute Gasteiger partial charge is 0.459 e. The molecule has 1 aromatic rings. The Labute approximate surface area is 139 Å². The molecule has 0 radical (unpaired) electrons. The summed E-state index contributed by atoms with van der Waals surface area (Å²) in [7, 11) is 0. The number of nitro groups is 1. The fraction of sp³-hybridized carbons (Fsp3) is 0.529. The van der Waals surface area contributed by atoms with E-state index in [2.05, 4.69) is 0 Å². The Bertz CT molecular complexity index is 629. The van der Waals surface area contributed by atoms with Crippen molar-refractivity contribution in [2.45, 2.75) is 51.2 Å². The zero-order valence-electron chi connectivity index (χ0n) is 13.5. The summed E-state index contributed by atoms with van der Waals surface area (Å²) in [6.07, 6.45) is 0.104. The summed E-state index contributed by atoms with van der Waals surface area (Å²) >= 11 is 0. The molecule has 130 valence electrons. The van der Waals surface area contributed by atoms with Gasteiger partial charge in [-0.05, 0) is 38.2 Å². The number of Topliss-reactive ketones (excluding diaryl/α,β-unsaturated/α-hetero) is 1. The van der Waals surface area contributed by atoms with Gasteiger partial charge in [-0.3, -0.25) is 14.9 Å². The minimum atomic E-state index is -1.27. The average Bonchev–Trinajstić information content (AvgIpc) is 2.74. The van der Waals surface area contributed by atoms with Gasteiger partial charge in [-0.2, -0.15) is 0 Å². The maximum atomic E-state index is 11.8. The summed E-state index contributed by atoms with van der Waals surface area (Å²) in [5.41, 5.74) is -0.0712. The fourth-order valence-electron chi connectivity index (χ4n) is 3.01. The van der Waals surface area contributed by atoms with Crippen molar-refractivity contribution in [2.75, 3.05) is 0 Å². The van der Waals surface area contributed by atoms with E-state index in [1.54, 1.807) is 6.07 Å². The summed E-state index contributed by atoms with van der Waals surface area (Å²) in [4.78, 5) is 33.5. The molecule has 1 fully saturated rings. The van der Waals surface area contributed by atoms with Crippen molar-refractivity contribution in [3.8, 4) is 0 Å². The second kappa shape index (κ2) is 8.01. The topological polar surface area (TPSA) is 107 Å². The Morgan fingerprint density at radius 2 is 2.17 bits per heavy atom. The van der Waals surface area contributed by atoms with Crippen LogP contribution in [0.4, 0.5) is 5.69 Å². The highest BCUT2D eigenvalue weighted by Crippen LogP contribution is 2.34. The standard InChI is InChI=1S/C17H21NO6/c1-11(19)6-7-12-8-9-16(20)24-15(10-12)17(21)13-4-2-3-5-14(13)18(22)23/h2-5,12,15,17,21H,6-10H2,1H3/t12-,15+,17+/m0/s1. The molecule has 3 atom stereocenters. The number of aliphatic hydroxyl groups excluding tert-OH is 1. The molecule has 7 heteroatoms. The minimum absolute atomic E-state index is 0.0581. The van der Waals surface area contributed by atoms with Crippen molar-refractivity contribution in [3.05, 3.63) is 39.9 Å². The van der Waals surface area contributed by atoms with Crippen LogP contribution in [0, 0.1) is 16.0 Å². The van der Waals surface area contributed by atoms with Gasteiger partial charge in [0.2, 0.25) is 0 Å². The van der Waals surface area contributed by atoms with E-state index >= 15 is 0 Å². The number of nitrogens with zero attached hydrogens (tertiary/aromatic N) is 1. The van der Waals surface area contributed by atoms with Crippen molar-refractivity contribution in [1.82, 2.24) is 0 Å². The number of esters is 1. The molecule has 7 nitrogen and oxygen atoms in total. The molecular formula is C17H21NO6. The van der Waals surface area contributed by atoms with E-state index < -0.39 is 23.1 Å². The first-order valence-corrected chi connectivity index (χ1v) is 7.98. The molecule has 1 aliphatic rings. The van der Waals surface area contributed by atoms with Gasteiger partial charge in [0.1, 0.15) is 18.0 Å². The second-order valence-corrected chi connectivity index (χ2v) is 6.17. The van der Waals surface area contributed by atoms with E-state index in [4.69, 9.17) is 4.74 Å². The van der Waals surface area contributed by atoms with E-state index in [0.717, 1.165) is 0 Å². The van der Waals surface area contributed by atoms with Crippen molar-refractivity contribution >= 4 is 17.4 Å². The van der Waals surface area contributed by atoms with Crippen LogP contribution in [0.1, 0.15) is 50.7 Å². The first-order valence-electron chi connectivity index (χ1n) is 7.98. The summed E-state index contributed by atoms with van der Waals surface area (Å²) in [5, 5.41) is 21.7. The highest BCUT2D eigenvalue weighted by Gasteiger charge is 2.34. The van der Waals surface area contributed by atoms with E-state index in [1.807, 2.05) is 0 Å². The lowest BCUT2D eigenvalue weighted by Crippen LogP contribution is -2.26. The Balaban J connectivity index is 2.19. The molecule has 0 aliphatic carbocycles. The van der Waals surface area contributed by atoms with Crippen LogP contribution in [0.3, 0.4) is 0 Å². The molecule has 0 spiro atoms. The van der Waals surface area contributed by atoms with Crippen LogP contribution >= 0.6 is 0 Å². The number of nitro benzene ring substituents is 1. The Morgan fingerprint density at radius 3 is 2.83 bits per heavy atom. The van der Waals surface area contributed by atoms with Crippen LogP contribution in [-0.4, -0.2) is 27.9 Å². The van der Waals surface area contributed by atoms with Gasteiger partial charge in [-0.15, -0.1) is 0 Å². The molecule has 1 saturated heterocycles. The number of ketones is 1. The second-order valence-electron chi connectivity index (χ2n) is 6.17. The lowest BCUT2D eigenvalue weighted by atomic mass is 9.89. The molecular weight excluding hydrogens is 314 g/mol. The van der Waals surface area contributed by atoms with Crippen molar-refractivity contribution < 1.29 is 24.4 Å². The maximum absolute atomic E-state index is 11.8. The molecule has 24 heavy (non-hydrogen) atoms. The molecule has 1 N–H and O–H groups in total. The number of carbonyl (C=O) groups excluding carboxylic acids is 2. The monoisotopic (exact) mass is 335 g/mol. The number of hydrogen-bond donors (Lipinski definition) is 1. The van der Waals surface area contributed by atoms with Gasteiger partial charge in [0, 0.05) is 18.9 Å². The zero-order valence-corrected chi connectivity index (χ0v) is 13.5. The van der Waals surface area contributed by atoms with Gasteiger partial charge in [0.25, 0.3) is 5.69 Å². The lowest BCUT2D eigenvalue weighted by molar-refractivity contribution is -0.386. The first kappa shape index (κ1) is 18.1. The number of ether oxygens (including phenoxy) is 1. The SMILES string of the molecule is CC(=O)CC[C@H]1CCC(=O)O[C@@H]([C@H](O)c2ccccc2[N+](=O)[O-])C1. The molecule has 0 aromatic heterocycles. The van der Waals surface area contributed by atoms with Gasteiger partial charge in [-0.25, -0.2) is 0 Å². The lowest BCUT2D eigenvalue weighted by Gasteiger charge is -2.24. The molecule has 0 saturated carbocycles. The van der Waals surface area contributed by atoms with Crippen LogP contribution < -0.4 is 0 Å². The predicted molar refractivity (Wildman–Crippen MR) is 85.2 cm³/mol. The number of hydrogen-bond acceptors (Lipinski definition) is 6. The molecule has 0 unspecified atom stereocenters. The minimum Gasteiger partial charge on any atom is -0.459 e. The summed E-state index contributed by atoms with van der Waals surface area (Å²) < 4.78 is 5.30. The third kappa shape index (κ3) is 4.61. The Kier molecular flexibility index (Phi) is 6.03. The summed E-state index contributed by atoms with van der Waals surface area (Å²) in [6.45, 7) is 1.51. The predicted octanol–water partition coefficient (Wildman–Crippen LogP) is 2.71. The third-order valence-electron chi connectivity index (χ3n) is 4.31. The van der Waals surface area contributed by atoms with Crippen molar-refractivity contribution in [1.29, 1.82) is 0 Å². The normalized spacial score (nSPS) is 22.3. The number of carbonyl (C=O) groups is 2. The van der Waals surface area contributed by atoms with E-state index in [9.17, 15) is 24.8 Å². The van der Waals surface area contributed by atoms with Crippen LogP contribution in [0.5, 0.6) is 0 Å². The van der Waals surface area contributed by atoms with Crippen molar-refractivity contribution in [3.63, 3.8) is 0 Å². The van der Waals surface area contributed by atoms with E-state index in [-0.39, 0.29) is 29.4 Å². The molecule has 2 rings (SSSR count). The number of rotatable bonds is 6. The summed E-state index contributed by atoms with van der Waals surface area (Å²) in [6, 6.07) is 5.89. The van der Waals surface area contributed by atoms with E-state index in [1.165, 1.54) is 25.1 Å². The van der Waals surface area contributed by atoms with Crippen LogP contribution in [0.25, 0.3) is 0 Å². The quantitative estimate of drug-likeness (QED) is 0.486. The first-order chi connectivity index (χ1) is 11.4. The molecule has 1 aliphatic heterocycles. The van der Waals surface area contributed by atoms with Gasteiger partial charge in [0.15, 0.2) is 0 Å². The van der Waals surface area contributed by atoms with E-state index in [0.29, 0.717) is 25.7 Å². The highest BCUT2D eigenvalue weighted by atomic mass is 16.6. The van der Waals surface area contributed by atoms with Crippen LogP contribution in [0.2, 0.25) is 0 Å². The van der Waals surface area contributed by atoms with Crippen LogP contribution in [-0.2, 0) is 14.3 Å². The Hall–Kier alpha value is -2.28.